The van der Waals surface area contributed by atoms with E-state index in [0.717, 1.165) is 5.56 Å². The summed E-state index contributed by atoms with van der Waals surface area (Å²) >= 11 is 0. The van der Waals surface area contributed by atoms with Crippen molar-refractivity contribution in [1.29, 1.82) is 0 Å². The fourth-order valence-corrected chi connectivity index (χ4v) is 1.26. The number of rotatable bonds is 3. The number of aromatic nitrogens is 1. The Hall–Kier alpha value is -2.17. The lowest BCUT2D eigenvalue weighted by molar-refractivity contribution is -0.148. The molecule has 1 aromatic heterocycles. The predicted molar refractivity (Wildman–Crippen MR) is 73.4 cm³/mol. The molecule has 0 aliphatic carbocycles. The first-order valence-corrected chi connectivity index (χ1v) is 5.91. The second-order valence-electron chi connectivity index (χ2n) is 5.02. The first-order chi connectivity index (χ1) is 8.76. The van der Waals surface area contributed by atoms with E-state index in [0.29, 0.717) is 5.82 Å². The van der Waals surface area contributed by atoms with Crippen LogP contribution in [0.2, 0.25) is 0 Å². The maximum absolute atomic E-state index is 11.5. The van der Waals surface area contributed by atoms with E-state index in [1.165, 1.54) is 13.0 Å². The van der Waals surface area contributed by atoms with Gasteiger partial charge in [-0.2, -0.15) is 0 Å². The zero-order chi connectivity index (χ0) is 14.5. The number of carbonyl (C=O) groups is 2. The van der Waals surface area contributed by atoms with E-state index >= 15 is 0 Å². The highest BCUT2D eigenvalue weighted by Gasteiger charge is 2.13. The van der Waals surface area contributed by atoms with Crippen LogP contribution in [0, 0.1) is 0 Å². The Balaban J connectivity index is 2.62. The van der Waals surface area contributed by atoms with Gasteiger partial charge in [-0.05, 0) is 44.5 Å². The van der Waals surface area contributed by atoms with Crippen molar-refractivity contribution in [3.05, 3.63) is 30.0 Å². The summed E-state index contributed by atoms with van der Waals surface area (Å²) in [4.78, 5) is 26.3. The number of nitrogens with one attached hydrogen (secondary N) is 1. The van der Waals surface area contributed by atoms with Crippen molar-refractivity contribution in [2.24, 2.45) is 0 Å². The van der Waals surface area contributed by atoms with Gasteiger partial charge in [0.25, 0.3) is 0 Å². The summed E-state index contributed by atoms with van der Waals surface area (Å²) in [5.74, 6) is -0.107. The van der Waals surface area contributed by atoms with Crippen LogP contribution in [0.25, 0.3) is 6.08 Å². The number of ether oxygens (including phenoxy) is 1. The molecule has 0 spiro atoms. The van der Waals surface area contributed by atoms with Crippen LogP contribution in [-0.4, -0.2) is 22.5 Å². The van der Waals surface area contributed by atoms with Crippen LogP contribution in [0.1, 0.15) is 33.3 Å². The molecule has 0 aliphatic heterocycles. The van der Waals surface area contributed by atoms with Gasteiger partial charge in [-0.3, -0.25) is 4.79 Å². The van der Waals surface area contributed by atoms with Crippen LogP contribution in [0.5, 0.6) is 0 Å². The van der Waals surface area contributed by atoms with Crippen LogP contribution in [0.3, 0.4) is 0 Å². The normalized spacial score (nSPS) is 11.4. The smallest absolute Gasteiger partial charge is 0.331 e. The summed E-state index contributed by atoms with van der Waals surface area (Å²) in [5.41, 5.74) is 0.245. The monoisotopic (exact) mass is 262 g/mol. The number of esters is 1. The molecule has 1 aromatic rings. The molecule has 1 rings (SSSR count). The lowest BCUT2D eigenvalue weighted by atomic mass is 10.2. The van der Waals surface area contributed by atoms with Crippen molar-refractivity contribution in [3.63, 3.8) is 0 Å². The molecule has 1 heterocycles. The molecule has 0 unspecified atom stereocenters. The first-order valence-electron chi connectivity index (χ1n) is 5.91. The summed E-state index contributed by atoms with van der Waals surface area (Å²) in [6, 6.07) is 3.41. The molecule has 1 amide bonds. The van der Waals surface area contributed by atoms with Crippen LogP contribution in [0.4, 0.5) is 5.82 Å². The lowest BCUT2D eigenvalue weighted by Gasteiger charge is -2.17. The topological polar surface area (TPSA) is 68.3 Å². The number of anilines is 1. The number of nitrogens with zero attached hydrogens (tertiary/aromatic N) is 1. The van der Waals surface area contributed by atoms with Crippen LogP contribution < -0.4 is 5.32 Å². The maximum Gasteiger partial charge on any atom is 0.331 e. The van der Waals surface area contributed by atoms with Gasteiger partial charge in [0, 0.05) is 19.2 Å². The summed E-state index contributed by atoms with van der Waals surface area (Å²) in [7, 11) is 0. The largest absolute Gasteiger partial charge is 0.457 e. The third-order valence-electron chi connectivity index (χ3n) is 1.91. The van der Waals surface area contributed by atoms with Crippen LogP contribution in [-0.2, 0) is 14.3 Å². The minimum atomic E-state index is -0.505. The SMILES string of the molecule is CC(=O)Nc1ccc(C=CC(=O)OC(C)(C)C)cn1. The third kappa shape index (κ3) is 6.35. The highest BCUT2D eigenvalue weighted by atomic mass is 16.6. The Labute approximate surface area is 112 Å². The Morgan fingerprint density at radius 1 is 1.32 bits per heavy atom. The molecule has 0 atom stereocenters. The van der Waals surface area contributed by atoms with Crippen molar-refractivity contribution >= 4 is 23.8 Å². The van der Waals surface area contributed by atoms with Gasteiger partial charge in [0.2, 0.25) is 5.91 Å². The Morgan fingerprint density at radius 2 is 2.00 bits per heavy atom. The molecular weight excluding hydrogens is 244 g/mol. The van der Waals surface area contributed by atoms with Gasteiger partial charge in [0.05, 0.1) is 0 Å². The minimum absolute atomic E-state index is 0.176. The molecule has 0 fully saturated rings. The number of amides is 1. The van der Waals surface area contributed by atoms with Crippen molar-refractivity contribution in [2.75, 3.05) is 5.32 Å². The number of pyridine rings is 1. The van der Waals surface area contributed by atoms with E-state index in [9.17, 15) is 9.59 Å². The van der Waals surface area contributed by atoms with Gasteiger partial charge in [-0.1, -0.05) is 0 Å². The predicted octanol–water partition coefficient (Wildman–Crippen LogP) is 2.39. The number of carbonyl (C=O) groups excluding carboxylic acids is 2. The summed E-state index contributed by atoms with van der Waals surface area (Å²) < 4.78 is 5.13. The van der Waals surface area contributed by atoms with Gasteiger partial charge >= 0.3 is 5.97 Å². The molecular formula is C14H18N2O3. The Bertz CT molecular complexity index is 484. The molecule has 0 saturated carbocycles. The molecule has 0 aromatic carbocycles. The van der Waals surface area contributed by atoms with E-state index < -0.39 is 11.6 Å². The summed E-state index contributed by atoms with van der Waals surface area (Å²) in [5, 5.41) is 2.56. The molecule has 0 radical (unpaired) electrons. The molecule has 1 N–H and O–H groups in total. The maximum atomic E-state index is 11.5. The third-order valence-corrected chi connectivity index (χ3v) is 1.91. The fraction of sp³-hybridized carbons (Fsp3) is 0.357. The highest BCUT2D eigenvalue weighted by Crippen LogP contribution is 2.09. The second-order valence-corrected chi connectivity index (χ2v) is 5.02. The van der Waals surface area contributed by atoms with E-state index in [2.05, 4.69) is 10.3 Å². The van der Waals surface area contributed by atoms with Gasteiger partial charge in [-0.25, -0.2) is 9.78 Å². The van der Waals surface area contributed by atoms with Crippen molar-refractivity contribution < 1.29 is 14.3 Å². The van der Waals surface area contributed by atoms with E-state index in [1.54, 1.807) is 24.4 Å². The van der Waals surface area contributed by atoms with Crippen LogP contribution in [0.15, 0.2) is 24.4 Å². The Morgan fingerprint density at radius 3 is 2.47 bits per heavy atom. The zero-order valence-electron chi connectivity index (χ0n) is 11.6. The van der Waals surface area contributed by atoms with Gasteiger partial charge in [-0.15, -0.1) is 0 Å². The standard InChI is InChI=1S/C14H18N2O3/c1-10(17)16-12-7-5-11(9-15-12)6-8-13(18)19-14(2,3)4/h5-9H,1-4H3,(H,15,16,17). The Kier molecular flexibility index (Phi) is 4.80. The van der Waals surface area contributed by atoms with E-state index in [1.807, 2.05) is 20.8 Å². The van der Waals surface area contributed by atoms with E-state index in [4.69, 9.17) is 4.74 Å². The molecule has 5 heteroatoms. The van der Waals surface area contributed by atoms with E-state index in [-0.39, 0.29) is 5.91 Å². The molecule has 0 bridgehead atoms. The van der Waals surface area contributed by atoms with Gasteiger partial charge < -0.3 is 10.1 Å². The molecule has 0 aliphatic rings. The molecule has 0 saturated heterocycles. The highest BCUT2D eigenvalue weighted by molar-refractivity contribution is 5.88. The number of hydrogen-bond donors (Lipinski definition) is 1. The summed E-state index contributed by atoms with van der Waals surface area (Å²) in [6.07, 6.45) is 4.52. The minimum Gasteiger partial charge on any atom is -0.457 e. The van der Waals surface area contributed by atoms with Crippen molar-refractivity contribution in [2.45, 2.75) is 33.3 Å². The second kappa shape index (κ2) is 6.13. The average molecular weight is 262 g/mol. The summed E-state index contributed by atoms with van der Waals surface area (Å²) in [6.45, 7) is 6.84. The van der Waals surface area contributed by atoms with Crippen LogP contribution >= 0.6 is 0 Å². The van der Waals surface area contributed by atoms with Gasteiger partial charge in [0.15, 0.2) is 0 Å². The zero-order valence-corrected chi connectivity index (χ0v) is 11.6. The van der Waals surface area contributed by atoms with Crippen molar-refractivity contribution in [3.8, 4) is 0 Å². The number of hydrogen-bond acceptors (Lipinski definition) is 4. The quantitative estimate of drug-likeness (QED) is 0.671. The average Bonchev–Trinajstić information content (AvgIpc) is 2.25. The molecule has 5 nitrogen and oxygen atoms in total. The van der Waals surface area contributed by atoms with Gasteiger partial charge in [0.1, 0.15) is 11.4 Å². The lowest BCUT2D eigenvalue weighted by Crippen LogP contribution is -2.22. The fourth-order valence-electron chi connectivity index (χ4n) is 1.26. The molecule has 102 valence electrons. The first kappa shape index (κ1) is 14.9. The van der Waals surface area contributed by atoms with Crippen molar-refractivity contribution in [1.82, 2.24) is 4.98 Å². The molecule has 19 heavy (non-hydrogen) atoms.